The van der Waals surface area contributed by atoms with Crippen molar-refractivity contribution in [3.8, 4) is 5.75 Å². The number of nitro benzene ring substituents is 1. The number of benzene rings is 1. The van der Waals surface area contributed by atoms with Crippen molar-refractivity contribution in [2.45, 2.75) is 6.42 Å². The Kier molecular flexibility index (Phi) is 5.22. The fourth-order valence-corrected chi connectivity index (χ4v) is 1.36. The van der Waals surface area contributed by atoms with Crippen molar-refractivity contribution >= 4 is 11.4 Å². The molecule has 0 radical (unpaired) electrons. The number of nitrogens with zero attached hydrogens (tertiary/aromatic N) is 1. The van der Waals surface area contributed by atoms with Gasteiger partial charge in [-0.1, -0.05) is 0 Å². The van der Waals surface area contributed by atoms with Gasteiger partial charge in [0.2, 0.25) is 0 Å². The lowest BCUT2D eigenvalue weighted by atomic mass is 10.2. The SMILES string of the molecule is COCCCNc1cc(OC)cc([N+](=O)[O-])c1. The first-order valence-corrected chi connectivity index (χ1v) is 5.23. The first kappa shape index (κ1) is 13.2. The van der Waals surface area contributed by atoms with Crippen molar-refractivity contribution in [3.63, 3.8) is 0 Å². The highest BCUT2D eigenvalue weighted by Gasteiger charge is 2.09. The molecule has 0 aromatic heterocycles. The number of nitrogens with one attached hydrogen (secondary N) is 1. The number of methoxy groups -OCH3 is 2. The zero-order valence-electron chi connectivity index (χ0n) is 9.93. The molecule has 0 heterocycles. The molecule has 0 amide bonds. The van der Waals surface area contributed by atoms with Crippen molar-refractivity contribution in [3.05, 3.63) is 28.3 Å². The molecule has 6 nitrogen and oxygen atoms in total. The van der Waals surface area contributed by atoms with Crippen LogP contribution in [0.15, 0.2) is 18.2 Å². The first-order chi connectivity index (χ1) is 8.17. The van der Waals surface area contributed by atoms with Crippen LogP contribution < -0.4 is 10.1 Å². The molecule has 0 unspecified atom stereocenters. The van der Waals surface area contributed by atoms with E-state index in [0.717, 1.165) is 6.42 Å². The third-order valence-corrected chi connectivity index (χ3v) is 2.19. The van der Waals surface area contributed by atoms with E-state index in [-0.39, 0.29) is 5.69 Å². The summed E-state index contributed by atoms with van der Waals surface area (Å²) in [5.41, 5.74) is 0.686. The Morgan fingerprint density at radius 1 is 1.35 bits per heavy atom. The Morgan fingerprint density at radius 3 is 2.71 bits per heavy atom. The van der Waals surface area contributed by atoms with Crippen LogP contribution in [0.1, 0.15) is 6.42 Å². The summed E-state index contributed by atoms with van der Waals surface area (Å²) in [6, 6.07) is 4.59. The highest BCUT2D eigenvalue weighted by Crippen LogP contribution is 2.25. The van der Waals surface area contributed by atoms with Crippen LogP contribution in [0.3, 0.4) is 0 Å². The van der Waals surface area contributed by atoms with Crippen LogP contribution >= 0.6 is 0 Å². The Balaban J connectivity index is 2.70. The number of non-ortho nitro benzene ring substituents is 1. The van der Waals surface area contributed by atoms with Crippen LogP contribution in [0, 0.1) is 10.1 Å². The molecule has 0 aliphatic carbocycles. The molecule has 0 bridgehead atoms. The maximum Gasteiger partial charge on any atom is 0.275 e. The van der Waals surface area contributed by atoms with Crippen LogP contribution in [0.25, 0.3) is 0 Å². The van der Waals surface area contributed by atoms with E-state index in [0.29, 0.717) is 24.6 Å². The predicted molar refractivity (Wildman–Crippen MR) is 64.6 cm³/mol. The Bertz CT molecular complexity index is 382. The number of ether oxygens (including phenoxy) is 2. The smallest absolute Gasteiger partial charge is 0.275 e. The van der Waals surface area contributed by atoms with Crippen LogP contribution in [0.5, 0.6) is 5.75 Å². The summed E-state index contributed by atoms with van der Waals surface area (Å²) in [5, 5.41) is 13.8. The Labute approximate surface area is 99.7 Å². The zero-order chi connectivity index (χ0) is 12.7. The van der Waals surface area contributed by atoms with Gasteiger partial charge in [-0.15, -0.1) is 0 Å². The first-order valence-electron chi connectivity index (χ1n) is 5.23. The van der Waals surface area contributed by atoms with E-state index in [1.807, 2.05) is 0 Å². The lowest BCUT2D eigenvalue weighted by Crippen LogP contribution is -2.05. The van der Waals surface area contributed by atoms with E-state index in [4.69, 9.17) is 9.47 Å². The quantitative estimate of drug-likeness (QED) is 0.448. The minimum absolute atomic E-state index is 0.0126. The average molecular weight is 240 g/mol. The molecule has 0 spiro atoms. The van der Waals surface area contributed by atoms with E-state index in [1.165, 1.54) is 19.2 Å². The van der Waals surface area contributed by atoms with Gasteiger partial charge in [-0.05, 0) is 6.42 Å². The van der Waals surface area contributed by atoms with Gasteiger partial charge < -0.3 is 14.8 Å². The van der Waals surface area contributed by atoms with Crippen LogP contribution in [-0.2, 0) is 4.74 Å². The van der Waals surface area contributed by atoms with Crippen molar-refractivity contribution in [1.82, 2.24) is 0 Å². The second kappa shape index (κ2) is 6.70. The molecule has 1 aromatic carbocycles. The fraction of sp³-hybridized carbons (Fsp3) is 0.455. The van der Waals surface area contributed by atoms with E-state index < -0.39 is 4.92 Å². The van der Waals surface area contributed by atoms with Crippen molar-refractivity contribution in [1.29, 1.82) is 0 Å². The molecule has 1 rings (SSSR count). The lowest BCUT2D eigenvalue weighted by molar-refractivity contribution is -0.384. The molecule has 0 aliphatic heterocycles. The Hall–Kier alpha value is -1.82. The minimum Gasteiger partial charge on any atom is -0.496 e. The summed E-state index contributed by atoms with van der Waals surface area (Å²) >= 11 is 0. The Morgan fingerprint density at radius 2 is 2.12 bits per heavy atom. The molecule has 1 aromatic rings. The van der Waals surface area contributed by atoms with E-state index in [2.05, 4.69) is 5.32 Å². The van der Waals surface area contributed by atoms with E-state index in [9.17, 15) is 10.1 Å². The molecular formula is C11H16N2O4. The summed E-state index contributed by atoms with van der Waals surface area (Å²) in [5.74, 6) is 0.466. The minimum atomic E-state index is -0.442. The molecular weight excluding hydrogens is 224 g/mol. The maximum atomic E-state index is 10.7. The maximum absolute atomic E-state index is 10.7. The molecule has 94 valence electrons. The van der Waals surface area contributed by atoms with Crippen molar-refractivity contribution in [2.75, 3.05) is 32.7 Å². The molecule has 0 saturated heterocycles. The zero-order valence-corrected chi connectivity index (χ0v) is 9.93. The van der Waals surface area contributed by atoms with Gasteiger partial charge in [0.25, 0.3) is 5.69 Å². The number of anilines is 1. The molecule has 0 atom stereocenters. The van der Waals surface area contributed by atoms with Crippen LogP contribution in [0.4, 0.5) is 11.4 Å². The second-order valence-electron chi connectivity index (χ2n) is 3.45. The summed E-state index contributed by atoms with van der Waals surface area (Å²) in [7, 11) is 3.12. The summed E-state index contributed by atoms with van der Waals surface area (Å²) < 4.78 is 9.92. The average Bonchev–Trinajstić information content (AvgIpc) is 2.34. The van der Waals surface area contributed by atoms with Crippen LogP contribution in [0.2, 0.25) is 0 Å². The van der Waals surface area contributed by atoms with E-state index in [1.54, 1.807) is 13.2 Å². The largest absolute Gasteiger partial charge is 0.496 e. The topological polar surface area (TPSA) is 73.6 Å². The van der Waals surface area contributed by atoms with Gasteiger partial charge in [-0.3, -0.25) is 10.1 Å². The summed E-state index contributed by atoms with van der Waals surface area (Å²) in [6.07, 6.45) is 0.835. The number of hydrogen-bond donors (Lipinski definition) is 1. The monoisotopic (exact) mass is 240 g/mol. The van der Waals surface area contributed by atoms with Gasteiger partial charge >= 0.3 is 0 Å². The van der Waals surface area contributed by atoms with Crippen molar-refractivity contribution in [2.24, 2.45) is 0 Å². The molecule has 17 heavy (non-hydrogen) atoms. The fourth-order valence-electron chi connectivity index (χ4n) is 1.36. The predicted octanol–water partition coefficient (Wildman–Crippen LogP) is 2.05. The van der Waals surface area contributed by atoms with Gasteiger partial charge in [-0.25, -0.2) is 0 Å². The lowest BCUT2D eigenvalue weighted by Gasteiger charge is -2.07. The van der Waals surface area contributed by atoms with Gasteiger partial charge in [0.15, 0.2) is 0 Å². The normalized spacial score (nSPS) is 10.0. The highest BCUT2D eigenvalue weighted by atomic mass is 16.6. The van der Waals surface area contributed by atoms with Gasteiger partial charge in [-0.2, -0.15) is 0 Å². The summed E-state index contributed by atoms with van der Waals surface area (Å²) in [6.45, 7) is 1.34. The number of nitro groups is 1. The van der Waals surface area contributed by atoms with Gasteiger partial charge in [0.1, 0.15) is 5.75 Å². The highest BCUT2D eigenvalue weighted by molar-refractivity contribution is 5.56. The molecule has 0 fully saturated rings. The molecule has 1 N–H and O–H groups in total. The van der Waals surface area contributed by atoms with E-state index >= 15 is 0 Å². The number of rotatable bonds is 7. The van der Waals surface area contributed by atoms with Crippen molar-refractivity contribution < 1.29 is 14.4 Å². The van der Waals surface area contributed by atoms with Gasteiger partial charge in [0.05, 0.1) is 18.1 Å². The molecule has 0 saturated carbocycles. The third kappa shape index (κ3) is 4.28. The van der Waals surface area contributed by atoms with Gasteiger partial charge in [0, 0.05) is 38.1 Å². The molecule has 0 aliphatic rings. The molecule has 6 heteroatoms. The number of hydrogen-bond acceptors (Lipinski definition) is 5. The second-order valence-corrected chi connectivity index (χ2v) is 3.45. The summed E-state index contributed by atoms with van der Waals surface area (Å²) in [4.78, 5) is 10.3. The third-order valence-electron chi connectivity index (χ3n) is 2.19. The standard InChI is InChI=1S/C11H16N2O4/c1-16-5-3-4-12-9-6-10(13(14)15)8-11(7-9)17-2/h6-8,12H,3-5H2,1-2H3. The van der Waals surface area contributed by atoms with Crippen LogP contribution in [-0.4, -0.2) is 32.3 Å².